The van der Waals surface area contributed by atoms with Crippen LogP contribution in [0.4, 0.5) is 0 Å². The highest BCUT2D eigenvalue weighted by Gasteiger charge is 2.41. The number of carbonyl (C=O) groups is 1. The molecule has 6 nitrogen and oxygen atoms in total. The number of ether oxygens (including phenoxy) is 3. The lowest BCUT2D eigenvalue weighted by atomic mass is 9.94. The fraction of sp³-hybridized carbons (Fsp3) is 0.278. The Morgan fingerprint density at radius 3 is 2.25 bits per heavy atom. The topological polar surface area (TPSA) is 77.0 Å². The van der Waals surface area contributed by atoms with Crippen LogP contribution in [0.25, 0.3) is 0 Å². The minimum absolute atomic E-state index is 0.173. The van der Waals surface area contributed by atoms with Crippen molar-refractivity contribution in [2.45, 2.75) is 12.1 Å². The van der Waals surface area contributed by atoms with Crippen LogP contribution in [0.2, 0.25) is 0 Å². The van der Waals surface area contributed by atoms with Gasteiger partial charge < -0.3 is 24.6 Å². The second kappa shape index (κ2) is 6.05. The van der Waals surface area contributed by atoms with Crippen molar-refractivity contribution in [1.29, 1.82) is 0 Å². The van der Waals surface area contributed by atoms with E-state index < -0.39 is 5.72 Å². The Morgan fingerprint density at radius 2 is 1.67 bits per heavy atom. The SMILES string of the molecule is COc1cc(CC2(O)NC(=O)c3ccccc32)cc(OC)c1OC. The van der Waals surface area contributed by atoms with Crippen LogP contribution < -0.4 is 19.5 Å². The number of rotatable bonds is 5. The number of carbonyl (C=O) groups excluding carboxylic acids is 1. The van der Waals surface area contributed by atoms with Gasteiger partial charge in [0.05, 0.1) is 21.3 Å². The largest absolute Gasteiger partial charge is 0.493 e. The molecule has 0 radical (unpaired) electrons. The highest BCUT2D eigenvalue weighted by Crippen LogP contribution is 2.40. The summed E-state index contributed by atoms with van der Waals surface area (Å²) >= 11 is 0. The van der Waals surface area contributed by atoms with E-state index in [9.17, 15) is 9.90 Å². The van der Waals surface area contributed by atoms with Gasteiger partial charge in [-0.25, -0.2) is 0 Å². The predicted molar refractivity (Wildman–Crippen MR) is 87.6 cm³/mol. The van der Waals surface area contributed by atoms with E-state index in [1.54, 1.807) is 36.4 Å². The van der Waals surface area contributed by atoms with E-state index in [1.165, 1.54) is 21.3 Å². The molecule has 1 aliphatic rings. The number of hydrogen-bond donors (Lipinski definition) is 2. The van der Waals surface area contributed by atoms with Gasteiger partial charge in [0, 0.05) is 17.5 Å². The first-order valence-corrected chi connectivity index (χ1v) is 7.45. The van der Waals surface area contributed by atoms with Crippen molar-refractivity contribution in [1.82, 2.24) is 5.32 Å². The zero-order chi connectivity index (χ0) is 17.3. The monoisotopic (exact) mass is 329 g/mol. The number of methoxy groups -OCH3 is 3. The lowest BCUT2D eigenvalue weighted by molar-refractivity contribution is 0.0134. The molecule has 0 bridgehead atoms. The molecule has 2 aromatic carbocycles. The van der Waals surface area contributed by atoms with Gasteiger partial charge in [-0.05, 0) is 23.8 Å². The first-order valence-electron chi connectivity index (χ1n) is 7.45. The third-order valence-electron chi connectivity index (χ3n) is 4.12. The molecular weight excluding hydrogens is 310 g/mol. The molecule has 0 fully saturated rings. The first-order chi connectivity index (χ1) is 11.5. The van der Waals surface area contributed by atoms with Crippen molar-refractivity contribution in [3.05, 3.63) is 53.1 Å². The van der Waals surface area contributed by atoms with E-state index in [4.69, 9.17) is 14.2 Å². The maximum atomic E-state index is 12.1. The molecule has 2 aromatic rings. The Labute approximate surface area is 140 Å². The molecule has 0 spiro atoms. The van der Waals surface area contributed by atoms with Gasteiger partial charge in [0.15, 0.2) is 17.2 Å². The number of amides is 1. The number of benzene rings is 2. The van der Waals surface area contributed by atoms with Gasteiger partial charge in [-0.2, -0.15) is 0 Å². The summed E-state index contributed by atoms with van der Waals surface area (Å²) in [5.74, 6) is 1.17. The van der Waals surface area contributed by atoms with Crippen molar-refractivity contribution >= 4 is 5.91 Å². The summed E-state index contributed by atoms with van der Waals surface area (Å²) in [6.07, 6.45) is 0.173. The molecule has 24 heavy (non-hydrogen) atoms. The Morgan fingerprint density at radius 1 is 1.04 bits per heavy atom. The summed E-state index contributed by atoms with van der Waals surface area (Å²) in [4.78, 5) is 12.1. The summed E-state index contributed by atoms with van der Waals surface area (Å²) in [6, 6.07) is 10.5. The molecule has 3 rings (SSSR count). The van der Waals surface area contributed by atoms with Crippen molar-refractivity contribution in [2.24, 2.45) is 0 Å². The van der Waals surface area contributed by atoms with E-state index in [1.807, 2.05) is 0 Å². The first kappa shape index (κ1) is 16.1. The van der Waals surface area contributed by atoms with Crippen LogP contribution in [0.15, 0.2) is 36.4 Å². The maximum absolute atomic E-state index is 12.1. The Kier molecular flexibility index (Phi) is 4.07. The van der Waals surface area contributed by atoms with Crippen molar-refractivity contribution in [3.8, 4) is 17.2 Å². The van der Waals surface area contributed by atoms with E-state index in [0.717, 1.165) is 5.56 Å². The van der Waals surface area contributed by atoms with Gasteiger partial charge in [-0.3, -0.25) is 4.79 Å². The van der Waals surface area contributed by atoms with Gasteiger partial charge in [0.2, 0.25) is 5.75 Å². The van der Waals surface area contributed by atoms with Gasteiger partial charge >= 0.3 is 0 Å². The number of fused-ring (bicyclic) bond motifs is 1. The summed E-state index contributed by atoms with van der Waals surface area (Å²) in [7, 11) is 4.59. The van der Waals surface area contributed by atoms with Crippen LogP contribution >= 0.6 is 0 Å². The Hall–Kier alpha value is -2.73. The minimum Gasteiger partial charge on any atom is -0.493 e. The number of hydrogen-bond acceptors (Lipinski definition) is 5. The van der Waals surface area contributed by atoms with Crippen LogP contribution in [0.1, 0.15) is 21.5 Å². The van der Waals surface area contributed by atoms with Gasteiger partial charge in [-0.1, -0.05) is 18.2 Å². The fourth-order valence-corrected chi connectivity index (χ4v) is 3.04. The standard InChI is InChI=1S/C18H19NO5/c1-22-14-8-11(9-15(23-2)16(14)24-3)10-18(21)13-7-5-4-6-12(13)17(20)19-18/h4-9,21H,10H2,1-3H3,(H,19,20). The molecule has 1 unspecified atom stereocenters. The lowest BCUT2D eigenvalue weighted by Gasteiger charge is -2.25. The van der Waals surface area contributed by atoms with Crippen molar-refractivity contribution < 1.29 is 24.1 Å². The second-order valence-electron chi connectivity index (χ2n) is 5.57. The molecule has 126 valence electrons. The Balaban J connectivity index is 2.01. The maximum Gasteiger partial charge on any atom is 0.254 e. The highest BCUT2D eigenvalue weighted by molar-refractivity contribution is 5.99. The molecule has 1 heterocycles. The molecule has 1 atom stereocenters. The number of aliphatic hydroxyl groups is 1. The van der Waals surface area contributed by atoms with Crippen LogP contribution in [0.5, 0.6) is 17.2 Å². The molecule has 1 aliphatic heterocycles. The van der Waals surface area contributed by atoms with Gasteiger partial charge in [0.1, 0.15) is 0 Å². The molecule has 0 saturated carbocycles. The van der Waals surface area contributed by atoms with Crippen LogP contribution in [0.3, 0.4) is 0 Å². The van der Waals surface area contributed by atoms with E-state index in [0.29, 0.717) is 28.4 Å². The summed E-state index contributed by atoms with van der Waals surface area (Å²) in [5.41, 5.74) is 0.304. The average Bonchev–Trinajstić information content (AvgIpc) is 2.85. The lowest BCUT2D eigenvalue weighted by Crippen LogP contribution is -2.41. The number of nitrogens with one attached hydrogen (secondary N) is 1. The molecule has 2 N–H and O–H groups in total. The summed E-state index contributed by atoms with van der Waals surface area (Å²) < 4.78 is 16.0. The summed E-state index contributed by atoms with van der Waals surface area (Å²) in [5, 5.41) is 13.6. The van der Waals surface area contributed by atoms with E-state index >= 15 is 0 Å². The quantitative estimate of drug-likeness (QED) is 0.875. The zero-order valence-electron chi connectivity index (χ0n) is 13.8. The molecule has 1 amide bonds. The molecular formula is C18H19NO5. The summed E-state index contributed by atoms with van der Waals surface area (Å²) in [6.45, 7) is 0. The van der Waals surface area contributed by atoms with Crippen LogP contribution in [0, 0.1) is 0 Å². The zero-order valence-corrected chi connectivity index (χ0v) is 13.8. The Bertz CT molecular complexity index is 764. The molecule has 0 aromatic heterocycles. The van der Waals surface area contributed by atoms with Crippen LogP contribution in [-0.2, 0) is 12.1 Å². The third-order valence-corrected chi connectivity index (χ3v) is 4.12. The minimum atomic E-state index is -1.47. The van der Waals surface area contributed by atoms with Crippen LogP contribution in [-0.4, -0.2) is 32.3 Å². The normalized spacial score (nSPS) is 18.8. The predicted octanol–water partition coefficient (Wildman–Crippen LogP) is 1.84. The van der Waals surface area contributed by atoms with E-state index in [2.05, 4.69) is 5.32 Å². The fourth-order valence-electron chi connectivity index (χ4n) is 3.04. The molecule has 0 saturated heterocycles. The van der Waals surface area contributed by atoms with Crippen molar-refractivity contribution in [3.63, 3.8) is 0 Å². The smallest absolute Gasteiger partial charge is 0.254 e. The van der Waals surface area contributed by atoms with Crippen molar-refractivity contribution in [2.75, 3.05) is 21.3 Å². The van der Waals surface area contributed by atoms with Gasteiger partial charge in [0.25, 0.3) is 5.91 Å². The molecule has 6 heteroatoms. The second-order valence-corrected chi connectivity index (χ2v) is 5.57. The average molecular weight is 329 g/mol. The molecule has 0 aliphatic carbocycles. The van der Waals surface area contributed by atoms with E-state index in [-0.39, 0.29) is 12.3 Å². The third kappa shape index (κ3) is 2.55. The highest BCUT2D eigenvalue weighted by atomic mass is 16.5. The van der Waals surface area contributed by atoms with Gasteiger partial charge in [-0.15, -0.1) is 0 Å².